The van der Waals surface area contributed by atoms with Gasteiger partial charge in [-0.05, 0) is 75.3 Å². The Bertz CT molecular complexity index is 1460. The number of rotatable bonds is 5. The lowest BCUT2D eigenvalue weighted by molar-refractivity contribution is -0.0868. The normalized spacial score (nSPS) is 33.2. The first kappa shape index (κ1) is 22.5. The van der Waals surface area contributed by atoms with Crippen molar-refractivity contribution in [1.29, 1.82) is 5.26 Å². The zero-order valence-corrected chi connectivity index (χ0v) is 21.1. The molecule has 4 heterocycles. The van der Waals surface area contributed by atoms with Crippen LogP contribution in [0.5, 0.6) is 5.75 Å². The summed E-state index contributed by atoms with van der Waals surface area (Å²) in [6.45, 7) is 2.54. The summed E-state index contributed by atoms with van der Waals surface area (Å²) in [6.07, 6.45) is 5.56. The highest BCUT2D eigenvalue weighted by Gasteiger charge is 2.86. The molecule has 2 aromatic heterocycles. The summed E-state index contributed by atoms with van der Waals surface area (Å²) in [6, 6.07) is 15.5. The van der Waals surface area contributed by atoms with Crippen molar-refractivity contribution in [2.75, 3.05) is 20.6 Å². The number of hydrogen-bond donors (Lipinski definition) is 2. The fourth-order valence-electron chi connectivity index (χ4n) is 6.96. The van der Waals surface area contributed by atoms with Crippen LogP contribution in [0.25, 0.3) is 0 Å². The smallest absolute Gasteiger partial charge is 0.200 e. The van der Waals surface area contributed by atoms with Gasteiger partial charge in [0.2, 0.25) is 0 Å². The van der Waals surface area contributed by atoms with Crippen molar-refractivity contribution in [3.63, 3.8) is 0 Å². The largest absolute Gasteiger partial charge is 0.477 e. The van der Waals surface area contributed by atoms with E-state index in [2.05, 4.69) is 16.3 Å². The lowest BCUT2D eigenvalue weighted by Crippen LogP contribution is -2.62. The van der Waals surface area contributed by atoms with E-state index in [1.165, 1.54) is 0 Å². The number of pyridine rings is 1. The zero-order chi connectivity index (χ0) is 25.6. The minimum atomic E-state index is -1.49. The molecule has 2 fully saturated rings. The van der Waals surface area contributed by atoms with E-state index in [0.29, 0.717) is 35.2 Å². The van der Waals surface area contributed by atoms with E-state index in [1.54, 1.807) is 18.4 Å². The topological polar surface area (TPSA) is 107 Å². The first-order valence-electron chi connectivity index (χ1n) is 12.8. The second kappa shape index (κ2) is 7.44. The van der Waals surface area contributed by atoms with Gasteiger partial charge in [0.1, 0.15) is 23.0 Å². The van der Waals surface area contributed by atoms with Crippen molar-refractivity contribution in [3.05, 3.63) is 83.1 Å². The van der Waals surface area contributed by atoms with Crippen molar-refractivity contribution in [2.45, 2.75) is 42.5 Å². The molecular weight excluding hydrogens is 466 g/mol. The standard InChI is InChI=1S/C29H29N5O3/c1-17-13-23-25(31-15-17)28-27(37-23,20-10-6-18(14-30)7-11-20)24(22-5-4-12-36-22)21(16-34(2)3)29(28,35)33-26(32-28)19-8-9-19/h4-7,10-13,15,19,21,24,35H,8-9,16H2,1-3H3,(H,32,33)/t21-,24+,27+,28-,29-/m1/s1. The Kier molecular flexibility index (Phi) is 4.53. The van der Waals surface area contributed by atoms with Crippen molar-refractivity contribution in [3.8, 4) is 11.8 Å². The monoisotopic (exact) mass is 495 g/mol. The lowest BCUT2D eigenvalue weighted by Gasteiger charge is -2.40. The number of aromatic nitrogens is 1. The number of fused-ring (bicyclic) bond motifs is 1. The van der Waals surface area contributed by atoms with Gasteiger partial charge in [0.25, 0.3) is 0 Å². The van der Waals surface area contributed by atoms with Gasteiger partial charge in [0.15, 0.2) is 16.9 Å². The number of ether oxygens (including phenoxy) is 1. The lowest BCUT2D eigenvalue weighted by atomic mass is 9.71. The molecule has 4 aliphatic rings. The number of nitrogens with zero attached hydrogens (tertiary/aromatic N) is 4. The highest BCUT2D eigenvalue weighted by Crippen LogP contribution is 2.74. The second-order valence-corrected chi connectivity index (χ2v) is 11.1. The summed E-state index contributed by atoms with van der Waals surface area (Å²) >= 11 is 0. The second-order valence-electron chi connectivity index (χ2n) is 11.1. The van der Waals surface area contributed by atoms with Crippen LogP contribution in [0, 0.1) is 30.1 Å². The fraction of sp³-hybridized carbons (Fsp3) is 0.414. The Morgan fingerprint density at radius 3 is 2.65 bits per heavy atom. The van der Waals surface area contributed by atoms with Gasteiger partial charge in [-0.15, -0.1) is 0 Å². The average molecular weight is 496 g/mol. The molecule has 0 saturated heterocycles. The number of amidine groups is 1. The molecule has 7 rings (SSSR count). The fourth-order valence-corrected chi connectivity index (χ4v) is 6.96. The van der Waals surface area contributed by atoms with Crippen molar-refractivity contribution in [1.82, 2.24) is 15.2 Å². The SMILES string of the molecule is Cc1cnc2c(c1)O[C@@]1(c3ccc(C#N)cc3)[C@H](c3ccco3)[C@@H](CN(C)C)[C@]3(O)NC(C4CC4)=N[C@@]231. The highest BCUT2D eigenvalue weighted by atomic mass is 16.5. The summed E-state index contributed by atoms with van der Waals surface area (Å²) < 4.78 is 13.2. The maximum Gasteiger partial charge on any atom is 0.200 e. The van der Waals surface area contributed by atoms with E-state index in [-0.39, 0.29) is 5.92 Å². The Morgan fingerprint density at radius 1 is 1.22 bits per heavy atom. The minimum absolute atomic E-state index is 0.291. The molecule has 8 heteroatoms. The molecule has 0 amide bonds. The van der Waals surface area contributed by atoms with Gasteiger partial charge in [-0.3, -0.25) is 4.98 Å². The summed E-state index contributed by atoms with van der Waals surface area (Å²) in [5.74, 6) is 1.67. The van der Waals surface area contributed by atoms with E-state index in [9.17, 15) is 10.4 Å². The zero-order valence-electron chi connectivity index (χ0n) is 21.1. The quantitative estimate of drug-likeness (QED) is 0.559. The van der Waals surface area contributed by atoms with E-state index >= 15 is 0 Å². The van der Waals surface area contributed by atoms with Crippen molar-refractivity contribution in [2.24, 2.45) is 16.8 Å². The Morgan fingerprint density at radius 2 is 2.00 bits per heavy atom. The number of nitrogens with one attached hydrogen (secondary N) is 1. The van der Waals surface area contributed by atoms with Crippen LogP contribution < -0.4 is 10.1 Å². The molecule has 8 nitrogen and oxygen atoms in total. The van der Waals surface area contributed by atoms with Crippen LogP contribution in [0.3, 0.4) is 0 Å². The molecule has 37 heavy (non-hydrogen) atoms. The first-order valence-corrected chi connectivity index (χ1v) is 12.8. The molecule has 5 atom stereocenters. The third-order valence-electron chi connectivity index (χ3n) is 8.49. The van der Waals surface area contributed by atoms with E-state index in [0.717, 1.165) is 29.8 Å². The third kappa shape index (κ3) is 2.73. The Labute approximate surface area is 215 Å². The van der Waals surface area contributed by atoms with Gasteiger partial charge in [-0.1, -0.05) is 12.1 Å². The number of aliphatic imine (C=N–C) groups is 1. The van der Waals surface area contributed by atoms with Crippen LogP contribution in [0.2, 0.25) is 0 Å². The third-order valence-corrected chi connectivity index (χ3v) is 8.49. The van der Waals surface area contributed by atoms with Gasteiger partial charge in [-0.2, -0.15) is 5.26 Å². The molecular formula is C29H29N5O3. The van der Waals surface area contributed by atoms with Crippen LogP contribution >= 0.6 is 0 Å². The molecule has 0 unspecified atom stereocenters. The molecule has 2 aliphatic heterocycles. The van der Waals surface area contributed by atoms with E-state index in [1.807, 2.05) is 57.5 Å². The number of aryl methyl sites for hydroxylation is 1. The van der Waals surface area contributed by atoms with E-state index < -0.39 is 22.8 Å². The van der Waals surface area contributed by atoms with E-state index in [4.69, 9.17) is 19.1 Å². The van der Waals surface area contributed by atoms with Crippen LogP contribution in [-0.4, -0.2) is 47.2 Å². The van der Waals surface area contributed by atoms with Gasteiger partial charge in [0, 0.05) is 24.6 Å². The Hall–Kier alpha value is -3.67. The van der Waals surface area contributed by atoms with Crippen molar-refractivity contribution >= 4 is 5.84 Å². The number of aliphatic hydroxyl groups is 1. The molecule has 3 aromatic rings. The number of hydrogen-bond acceptors (Lipinski definition) is 8. The predicted molar refractivity (Wildman–Crippen MR) is 136 cm³/mol. The molecule has 188 valence electrons. The van der Waals surface area contributed by atoms with Gasteiger partial charge in [0.05, 0.1) is 23.8 Å². The van der Waals surface area contributed by atoms with Crippen LogP contribution in [0.15, 0.2) is 64.3 Å². The average Bonchev–Trinajstić information content (AvgIpc) is 3.32. The highest BCUT2D eigenvalue weighted by molar-refractivity contribution is 5.91. The predicted octanol–water partition coefficient (Wildman–Crippen LogP) is 3.41. The minimum Gasteiger partial charge on any atom is -0.477 e. The summed E-state index contributed by atoms with van der Waals surface area (Å²) in [4.78, 5) is 12.4. The molecule has 0 radical (unpaired) electrons. The van der Waals surface area contributed by atoms with Crippen LogP contribution in [-0.2, 0) is 11.1 Å². The van der Waals surface area contributed by atoms with Gasteiger partial charge < -0.3 is 24.5 Å². The van der Waals surface area contributed by atoms with Crippen LogP contribution in [0.1, 0.15) is 46.9 Å². The molecule has 0 bridgehead atoms. The molecule has 1 spiro atoms. The maximum atomic E-state index is 13.0. The molecule has 2 aliphatic carbocycles. The van der Waals surface area contributed by atoms with Gasteiger partial charge in [-0.25, -0.2) is 4.99 Å². The molecule has 1 aromatic carbocycles. The van der Waals surface area contributed by atoms with Crippen molar-refractivity contribution < 1.29 is 14.3 Å². The first-order chi connectivity index (χ1) is 17.8. The summed E-state index contributed by atoms with van der Waals surface area (Å²) in [5.41, 5.74) is -0.942. The maximum absolute atomic E-state index is 13.0. The summed E-state index contributed by atoms with van der Waals surface area (Å²) in [7, 11) is 4.01. The Balaban J connectivity index is 1.60. The molecule has 2 saturated carbocycles. The number of benzene rings is 1. The summed E-state index contributed by atoms with van der Waals surface area (Å²) in [5, 5.41) is 26.0. The molecule has 2 N–H and O–H groups in total. The number of nitriles is 1. The van der Waals surface area contributed by atoms with Crippen LogP contribution in [0.4, 0.5) is 0 Å². The number of furan rings is 1. The van der Waals surface area contributed by atoms with Gasteiger partial charge >= 0.3 is 0 Å².